The fraction of sp³-hybridized carbons (Fsp3) is 0.214. The molecule has 0 aliphatic heterocycles. The summed E-state index contributed by atoms with van der Waals surface area (Å²) in [6, 6.07) is 25.0. The summed E-state index contributed by atoms with van der Waals surface area (Å²) in [6.45, 7) is 13.7. The zero-order chi connectivity index (χ0) is 20.7. The quantitative estimate of drug-likeness (QED) is 0.434. The van der Waals surface area contributed by atoms with Gasteiger partial charge < -0.3 is 0 Å². The first-order chi connectivity index (χ1) is 13.8. The molecule has 0 atom stereocenters. The Balaban J connectivity index is 2.06. The van der Waals surface area contributed by atoms with E-state index in [-0.39, 0.29) is 6.71 Å². The van der Waals surface area contributed by atoms with Crippen LogP contribution in [0.5, 0.6) is 0 Å². The fourth-order valence-electron chi connectivity index (χ4n) is 5.17. The van der Waals surface area contributed by atoms with Gasteiger partial charge in [-0.1, -0.05) is 116 Å². The maximum absolute atomic E-state index is 2.39. The van der Waals surface area contributed by atoms with Gasteiger partial charge in [0.1, 0.15) is 0 Å². The zero-order valence-corrected chi connectivity index (χ0v) is 18.4. The predicted molar refractivity (Wildman–Crippen MR) is 129 cm³/mol. The summed E-state index contributed by atoms with van der Waals surface area (Å²) < 4.78 is 0. The van der Waals surface area contributed by atoms with Gasteiger partial charge in [0.2, 0.25) is 6.71 Å². The first-order valence-electron chi connectivity index (χ1n) is 10.5. The van der Waals surface area contributed by atoms with Gasteiger partial charge in [-0.15, -0.1) is 0 Å². The van der Waals surface area contributed by atoms with E-state index in [4.69, 9.17) is 0 Å². The molecule has 0 aromatic heterocycles. The second kappa shape index (κ2) is 7.56. The smallest absolute Gasteiger partial charge is 0.0680 e. The van der Waals surface area contributed by atoms with Crippen LogP contribution in [-0.4, -0.2) is 6.71 Å². The van der Waals surface area contributed by atoms with Crippen LogP contribution in [0.2, 0.25) is 0 Å². The van der Waals surface area contributed by atoms with Crippen LogP contribution < -0.4 is 16.4 Å². The lowest BCUT2D eigenvalue weighted by atomic mass is 9.34. The molecule has 0 N–H and O–H groups in total. The Bertz CT molecular complexity index is 1060. The number of aryl methyl sites for hydroxylation is 6. The van der Waals surface area contributed by atoms with Crippen LogP contribution >= 0.6 is 0 Å². The molecule has 29 heavy (non-hydrogen) atoms. The zero-order valence-electron chi connectivity index (χ0n) is 18.4. The molecule has 0 spiro atoms. The van der Waals surface area contributed by atoms with E-state index in [2.05, 4.69) is 108 Å². The molecule has 2 aromatic carbocycles. The molecule has 0 saturated heterocycles. The Morgan fingerprint density at radius 2 is 0.897 bits per heavy atom. The van der Waals surface area contributed by atoms with Gasteiger partial charge in [-0.2, -0.15) is 0 Å². The van der Waals surface area contributed by atoms with Gasteiger partial charge in [0.15, 0.2) is 0 Å². The van der Waals surface area contributed by atoms with Crippen LogP contribution in [-0.2, 0) is 0 Å². The topological polar surface area (TPSA) is 0 Å². The highest BCUT2D eigenvalue weighted by atomic mass is 14.1. The molecule has 0 nitrogen and oxygen atoms in total. The summed E-state index contributed by atoms with van der Waals surface area (Å²) in [6.07, 6.45) is 0. The standard InChI is InChI=1S/C28H29B/c1-18-13-20(3)27(21(4)14-18)29(28-22(5)15-19(2)16-23(28)6)26-12-8-10-24-9-7-11-25(24)17-26/h7-17H,1-6H3. The lowest BCUT2D eigenvalue weighted by Crippen LogP contribution is -2.55. The third-order valence-corrected chi connectivity index (χ3v) is 6.16. The van der Waals surface area contributed by atoms with E-state index < -0.39 is 0 Å². The van der Waals surface area contributed by atoms with E-state index >= 15 is 0 Å². The Morgan fingerprint density at radius 3 is 1.38 bits per heavy atom. The monoisotopic (exact) mass is 376 g/mol. The Morgan fingerprint density at radius 1 is 0.483 bits per heavy atom. The molecule has 2 aliphatic rings. The minimum Gasteiger partial charge on any atom is -0.0680 e. The summed E-state index contributed by atoms with van der Waals surface area (Å²) in [5, 5.41) is 0. The average Bonchev–Trinajstić information content (AvgIpc) is 2.96. The molecular weight excluding hydrogens is 347 g/mol. The van der Waals surface area contributed by atoms with Gasteiger partial charge in [-0.3, -0.25) is 0 Å². The maximum atomic E-state index is 2.39. The summed E-state index contributed by atoms with van der Waals surface area (Å²) in [4.78, 5) is 0. The molecule has 0 radical (unpaired) electrons. The van der Waals surface area contributed by atoms with Gasteiger partial charge >= 0.3 is 0 Å². The third-order valence-electron chi connectivity index (χ3n) is 6.16. The molecule has 0 fully saturated rings. The van der Waals surface area contributed by atoms with Crippen LogP contribution in [0.3, 0.4) is 0 Å². The molecular formula is C28H29B. The minimum atomic E-state index is 0.224. The lowest BCUT2D eigenvalue weighted by Gasteiger charge is -2.24. The van der Waals surface area contributed by atoms with Crippen molar-refractivity contribution in [2.24, 2.45) is 0 Å². The van der Waals surface area contributed by atoms with Gasteiger partial charge in [-0.05, 0) is 52.7 Å². The second-order valence-electron chi connectivity index (χ2n) is 8.66. The molecule has 0 unspecified atom stereocenters. The van der Waals surface area contributed by atoms with E-state index in [0.29, 0.717) is 0 Å². The Hall–Kier alpha value is -2.80. The number of hydrogen-bond acceptors (Lipinski definition) is 0. The van der Waals surface area contributed by atoms with Gasteiger partial charge in [0, 0.05) is 0 Å². The largest absolute Gasteiger partial charge is 0.242 e. The van der Waals surface area contributed by atoms with Crippen LogP contribution in [0.25, 0.3) is 11.1 Å². The molecule has 4 rings (SSSR count). The van der Waals surface area contributed by atoms with Gasteiger partial charge in [-0.25, -0.2) is 0 Å². The van der Waals surface area contributed by atoms with Crippen LogP contribution in [0.15, 0.2) is 66.7 Å². The highest BCUT2D eigenvalue weighted by molar-refractivity contribution is 6.96. The van der Waals surface area contributed by atoms with E-state index in [1.807, 2.05) is 0 Å². The van der Waals surface area contributed by atoms with Crippen molar-refractivity contribution in [3.63, 3.8) is 0 Å². The third kappa shape index (κ3) is 3.62. The Labute approximate surface area is 176 Å². The average molecular weight is 376 g/mol. The molecule has 0 heterocycles. The van der Waals surface area contributed by atoms with Crippen molar-refractivity contribution >= 4 is 23.1 Å². The molecule has 1 heteroatoms. The van der Waals surface area contributed by atoms with Crippen molar-refractivity contribution in [1.82, 2.24) is 0 Å². The molecule has 0 bridgehead atoms. The molecule has 144 valence electrons. The summed E-state index contributed by atoms with van der Waals surface area (Å²) in [5.74, 6) is 0. The van der Waals surface area contributed by atoms with Crippen LogP contribution in [0.4, 0.5) is 0 Å². The molecule has 2 aliphatic carbocycles. The number of fused-ring (bicyclic) bond motifs is 1. The van der Waals surface area contributed by atoms with Crippen molar-refractivity contribution in [2.45, 2.75) is 41.5 Å². The first-order valence-corrected chi connectivity index (χ1v) is 10.5. The summed E-state index contributed by atoms with van der Waals surface area (Å²) in [5.41, 5.74) is 15.0. The first kappa shape index (κ1) is 19.5. The van der Waals surface area contributed by atoms with E-state index in [1.54, 1.807) is 0 Å². The summed E-state index contributed by atoms with van der Waals surface area (Å²) in [7, 11) is 0. The molecule has 0 saturated carbocycles. The van der Waals surface area contributed by atoms with E-state index in [0.717, 1.165) is 0 Å². The second-order valence-corrected chi connectivity index (χ2v) is 8.66. The van der Waals surface area contributed by atoms with Crippen molar-refractivity contribution < 1.29 is 0 Å². The maximum Gasteiger partial charge on any atom is 0.242 e. The van der Waals surface area contributed by atoms with Crippen LogP contribution in [0.1, 0.15) is 33.4 Å². The summed E-state index contributed by atoms with van der Waals surface area (Å²) >= 11 is 0. The van der Waals surface area contributed by atoms with Crippen molar-refractivity contribution in [1.29, 1.82) is 0 Å². The highest BCUT2D eigenvalue weighted by Gasteiger charge is 2.28. The van der Waals surface area contributed by atoms with Crippen molar-refractivity contribution in [2.75, 3.05) is 0 Å². The number of rotatable bonds is 3. The Kier molecular flexibility index (Phi) is 5.09. The SMILES string of the molecule is Cc1cc(C)c(B(c2cccc3cccc-3c2)c2c(C)cc(C)cc2C)c(C)c1. The van der Waals surface area contributed by atoms with Gasteiger partial charge in [0.05, 0.1) is 0 Å². The number of benzene rings is 2. The fourth-order valence-corrected chi connectivity index (χ4v) is 5.17. The van der Waals surface area contributed by atoms with Crippen molar-refractivity contribution in [3.8, 4) is 11.1 Å². The minimum absolute atomic E-state index is 0.224. The van der Waals surface area contributed by atoms with Crippen molar-refractivity contribution in [3.05, 3.63) is 100 Å². The van der Waals surface area contributed by atoms with Gasteiger partial charge in [0.25, 0.3) is 0 Å². The van der Waals surface area contributed by atoms with Crippen LogP contribution in [0, 0.1) is 41.5 Å². The highest BCUT2D eigenvalue weighted by Crippen LogP contribution is 2.21. The van der Waals surface area contributed by atoms with E-state index in [9.17, 15) is 0 Å². The van der Waals surface area contributed by atoms with E-state index in [1.165, 1.54) is 60.9 Å². The predicted octanol–water partition coefficient (Wildman–Crippen LogP) is 5.16. The lowest BCUT2D eigenvalue weighted by molar-refractivity contribution is 1.34. The molecule has 2 aromatic rings. The normalized spacial score (nSPS) is 11.1. The number of hydrogen-bond donors (Lipinski definition) is 0. The molecule has 0 amide bonds.